The summed E-state index contributed by atoms with van der Waals surface area (Å²) in [6.07, 6.45) is -3.33. The maximum absolute atomic E-state index is 12.2. The van der Waals surface area contributed by atoms with E-state index in [0.717, 1.165) is 0 Å². The summed E-state index contributed by atoms with van der Waals surface area (Å²) in [7, 11) is -16.4. The number of anilines is 1. The van der Waals surface area contributed by atoms with Gasteiger partial charge in [0, 0.05) is 13.1 Å². The molecule has 2 aromatic rings. The summed E-state index contributed by atoms with van der Waals surface area (Å²) in [6, 6.07) is 0. The molecule has 0 aromatic carbocycles. The van der Waals surface area contributed by atoms with Gasteiger partial charge in [0.2, 0.25) is 0 Å². The fraction of sp³-hybridized carbons (Fsp3) is 0.667. The number of alkyl halides is 2. The van der Waals surface area contributed by atoms with Crippen molar-refractivity contribution in [2.24, 2.45) is 0 Å². The van der Waals surface area contributed by atoms with Gasteiger partial charge in [0.1, 0.15) is 24.6 Å². The molecule has 1 aliphatic rings. The van der Waals surface area contributed by atoms with Crippen molar-refractivity contribution in [3.63, 3.8) is 0 Å². The topological polar surface area (TPSA) is 247 Å². The van der Waals surface area contributed by atoms with Crippen LogP contribution < -0.4 is 4.90 Å². The standard InChI is InChI=1S/C15H24Br2N5O12P3/c1-3-21(4-2)12-9-13(19-6-18-12)22(7-20-9)14-11(24)10(23)8(33-14)5-32-37(30,31)34-36(28,29)15(16,17)35(25,26)27/h6-8,10-11,14,23-24H,3-5H2,1-2H3,(H,28,29)(H,30,31)(H2,25,26,27)/t8-,10?,11+,14-/m1/s1. The van der Waals surface area contributed by atoms with Crippen molar-refractivity contribution in [2.45, 2.75) is 41.1 Å². The van der Waals surface area contributed by atoms with Gasteiger partial charge >= 0.3 is 23.0 Å². The van der Waals surface area contributed by atoms with Gasteiger partial charge in [-0.15, -0.1) is 0 Å². The van der Waals surface area contributed by atoms with E-state index in [0.29, 0.717) is 24.4 Å². The predicted octanol–water partition coefficient (Wildman–Crippen LogP) is 1.19. The number of hydrogen-bond acceptors (Lipinski definition) is 12. The van der Waals surface area contributed by atoms with E-state index < -0.39 is 56.9 Å². The van der Waals surface area contributed by atoms with E-state index in [-0.39, 0.29) is 5.65 Å². The van der Waals surface area contributed by atoms with Gasteiger partial charge in [-0.2, -0.15) is 0 Å². The normalized spacial score (nSPS) is 26.2. The number of rotatable bonds is 11. The molecule has 1 fully saturated rings. The summed E-state index contributed by atoms with van der Waals surface area (Å²) in [6.45, 7) is 4.21. The summed E-state index contributed by atoms with van der Waals surface area (Å²) >= 11 is 4.58. The van der Waals surface area contributed by atoms with E-state index >= 15 is 0 Å². The molecule has 0 amide bonds. The number of imidazole rings is 1. The minimum absolute atomic E-state index is 0.274. The first kappa shape index (κ1) is 31.2. The quantitative estimate of drug-likeness (QED) is 0.141. The van der Waals surface area contributed by atoms with E-state index in [9.17, 15) is 43.5 Å². The Morgan fingerprint density at radius 3 is 2.27 bits per heavy atom. The molecular weight excluding hydrogens is 695 g/mol. The van der Waals surface area contributed by atoms with Crippen molar-refractivity contribution in [1.82, 2.24) is 19.5 Å². The second kappa shape index (κ2) is 11.3. The lowest BCUT2D eigenvalue weighted by atomic mass is 10.1. The number of ether oxygens (including phenoxy) is 1. The number of aromatic nitrogens is 4. The molecule has 6 atom stereocenters. The Labute approximate surface area is 226 Å². The van der Waals surface area contributed by atoms with Gasteiger partial charge < -0.3 is 39.4 Å². The predicted molar refractivity (Wildman–Crippen MR) is 134 cm³/mol. The highest BCUT2D eigenvalue weighted by atomic mass is 79.9. The lowest BCUT2D eigenvalue weighted by Gasteiger charge is -2.27. The first-order valence-electron chi connectivity index (χ1n) is 10.4. The second-order valence-corrected chi connectivity index (χ2v) is 19.2. The van der Waals surface area contributed by atoms with Crippen LogP contribution in [-0.2, 0) is 27.3 Å². The number of halogens is 2. The molecule has 0 aliphatic carbocycles. The average Bonchev–Trinajstić information content (AvgIpc) is 3.33. The molecule has 0 spiro atoms. The number of aliphatic hydroxyl groups is 2. The number of nitrogens with zero attached hydrogens (tertiary/aromatic N) is 5. The number of hydrogen-bond donors (Lipinski definition) is 6. The van der Waals surface area contributed by atoms with Crippen LogP contribution in [0.1, 0.15) is 20.1 Å². The number of phosphoric ester groups is 1. The van der Waals surface area contributed by atoms with Gasteiger partial charge in [-0.1, -0.05) is 0 Å². The number of fused-ring (bicyclic) bond motifs is 1. The maximum atomic E-state index is 12.2. The van der Waals surface area contributed by atoms with Crippen LogP contribution in [0.3, 0.4) is 0 Å². The summed E-state index contributed by atoms with van der Waals surface area (Å²) in [5, 5.41) is 21.0. The third-order valence-electron chi connectivity index (χ3n) is 5.32. The second-order valence-electron chi connectivity index (χ2n) is 7.66. The minimum Gasteiger partial charge on any atom is -0.387 e. The monoisotopic (exact) mass is 717 g/mol. The van der Waals surface area contributed by atoms with Crippen molar-refractivity contribution >= 4 is 71.9 Å². The Kier molecular flexibility index (Phi) is 9.48. The molecule has 0 bridgehead atoms. The van der Waals surface area contributed by atoms with Gasteiger partial charge in [-0.3, -0.25) is 18.2 Å². The molecule has 22 heteroatoms. The highest BCUT2D eigenvalue weighted by molar-refractivity contribution is 9.29. The van der Waals surface area contributed by atoms with E-state index in [4.69, 9.17) is 4.74 Å². The van der Waals surface area contributed by atoms with Crippen molar-refractivity contribution in [3.05, 3.63) is 12.7 Å². The summed E-state index contributed by atoms with van der Waals surface area (Å²) in [5.41, 5.74) is 0.678. The van der Waals surface area contributed by atoms with Crippen LogP contribution in [0.5, 0.6) is 0 Å². The molecule has 1 aliphatic heterocycles. The zero-order chi connectivity index (χ0) is 28.0. The van der Waals surface area contributed by atoms with Crippen molar-refractivity contribution in [2.75, 3.05) is 24.6 Å². The van der Waals surface area contributed by atoms with Gasteiger partial charge in [-0.25, -0.2) is 23.8 Å². The average molecular weight is 719 g/mol. The first-order valence-corrected chi connectivity index (χ1v) is 16.6. The fourth-order valence-electron chi connectivity index (χ4n) is 3.42. The Hall–Kier alpha value is -0.360. The lowest BCUT2D eigenvalue weighted by Crippen LogP contribution is -2.33. The van der Waals surface area contributed by atoms with E-state index in [1.165, 1.54) is 17.2 Å². The van der Waals surface area contributed by atoms with Crippen molar-refractivity contribution < 1.29 is 57.1 Å². The van der Waals surface area contributed by atoms with Gasteiger partial charge in [-0.05, 0) is 45.7 Å². The first-order chi connectivity index (χ1) is 17.0. The molecular formula is C15H24Br2N5O12P3. The molecule has 3 unspecified atom stereocenters. The molecule has 2 aromatic heterocycles. The Morgan fingerprint density at radius 1 is 1.08 bits per heavy atom. The maximum Gasteiger partial charge on any atom is 0.479 e. The van der Waals surface area contributed by atoms with E-state index in [1.807, 2.05) is 18.7 Å². The molecule has 0 radical (unpaired) electrons. The Bertz CT molecular complexity index is 1270. The Morgan fingerprint density at radius 2 is 1.70 bits per heavy atom. The Balaban J connectivity index is 1.77. The van der Waals surface area contributed by atoms with Crippen molar-refractivity contribution in [3.8, 4) is 0 Å². The van der Waals surface area contributed by atoms with Crippen LogP contribution in [0, 0.1) is 0 Å². The molecule has 3 rings (SSSR count). The molecule has 0 saturated carbocycles. The lowest BCUT2D eigenvalue weighted by molar-refractivity contribution is -0.0501. The molecule has 210 valence electrons. The third kappa shape index (κ3) is 6.20. The van der Waals surface area contributed by atoms with Crippen LogP contribution in [-0.4, -0.2) is 90.0 Å². The number of aliphatic hydroxyl groups excluding tert-OH is 2. The highest BCUT2D eigenvalue weighted by Crippen LogP contribution is 2.81. The summed E-state index contributed by atoms with van der Waals surface area (Å²) < 4.78 is 48.5. The van der Waals surface area contributed by atoms with Crippen LogP contribution in [0.25, 0.3) is 11.2 Å². The SMILES string of the molecule is CCN(CC)c1ncnc2c1ncn2[C@@H]1O[C@H](COP(=O)(O)OP(=O)(O)C(Br)(Br)P(=O)(O)O)C(O)[C@@H]1O. The number of phosphoric acid groups is 1. The molecule has 3 heterocycles. The highest BCUT2D eigenvalue weighted by Gasteiger charge is 2.61. The van der Waals surface area contributed by atoms with Crippen LogP contribution in [0.4, 0.5) is 5.82 Å². The van der Waals surface area contributed by atoms with Crippen LogP contribution in [0.15, 0.2) is 12.7 Å². The van der Waals surface area contributed by atoms with E-state index in [1.54, 1.807) is 0 Å². The third-order valence-corrected chi connectivity index (χ3v) is 15.9. The molecule has 37 heavy (non-hydrogen) atoms. The smallest absolute Gasteiger partial charge is 0.387 e. The van der Waals surface area contributed by atoms with Crippen molar-refractivity contribution in [1.29, 1.82) is 0 Å². The molecule has 1 saturated heterocycles. The zero-order valence-electron chi connectivity index (χ0n) is 19.1. The van der Waals surface area contributed by atoms with Gasteiger partial charge in [0.15, 0.2) is 23.2 Å². The minimum atomic E-state index is -5.58. The van der Waals surface area contributed by atoms with Gasteiger partial charge in [0.25, 0.3) is 2.72 Å². The summed E-state index contributed by atoms with van der Waals surface area (Å²) in [4.78, 5) is 52.8. The zero-order valence-corrected chi connectivity index (χ0v) is 24.9. The fourth-order valence-corrected chi connectivity index (χ4v) is 8.27. The van der Waals surface area contributed by atoms with Crippen LogP contribution >= 0.6 is 54.9 Å². The summed E-state index contributed by atoms with van der Waals surface area (Å²) in [5.74, 6) is 0.540. The van der Waals surface area contributed by atoms with Gasteiger partial charge in [0.05, 0.1) is 12.9 Å². The molecule has 6 N–H and O–H groups in total. The molecule has 17 nitrogen and oxygen atoms in total. The van der Waals surface area contributed by atoms with Crippen LogP contribution in [0.2, 0.25) is 0 Å². The largest absolute Gasteiger partial charge is 0.479 e. The van der Waals surface area contributed by atoms with E-state index in [2.05, 4.69) is 55.6 Å².